The van der Waals surface area contributed by atoms with Crippen molar-refractivity contribution in [3.63, 3.8) is 0 Å². The molecular formula is C40H36N4Na2O10S2. The summed E-state index contributed by atoms with van der Waals surface area (Å²) in [6, 6.07) is 21.6. The SMILES string of the molecule is Cc1cc(C2(c3ccc(N=Nc4c(S(=O)(=O)O)cc5ccc(O)cc5c4O)c(C)c3)CCCCC2)ccc1N=Nc1c(S(=O)(=O)O)cc2ccc(O)cc2c1O.[Na].[Na]. The third-order valence-electron chi connectivity index (χ3n) is 10.3. The molecule has 1 saturated carbocycles. The van der Waals surface area contributed by atoms with Gasteiger partial charge >= 0.3 is 0 Å². The van der Waals surface area contributed by atoms with Crippen LogP contribution in [0.15, 0.2) is 115 Å². The molecular weight excluding hydrogens is 807 g/mol. The molecule has 0 heterocycles. The molecule has 58 heavy (non-hydrogen) atoms. The van der Waals surface area contributed by atoms with E-state index in [1.54, 1.807) is 12.1 Å². The number of hydrogen-bond acceptors (Lipinski definition) is 12. The summed E-state index contributed by atoms with van der Waals surface area (Å²) in [4.78, 5) is -1.28. The molecule has 0 aromatic heterocycles. The number of phenols is 4. The van der Waals surface area contributed by atoms with E-state index in [2.05, 4.69) is 20.5 Å². The summed E-state index contributed by atoms with van der Waals surface area (Å²) in [7, 11) is -9.64. The van der Waals surface area contributed by atoms with Crippen LogP contribution in [-0.4, -0.2) is 105 Å². The van der Waals surface area contributed by atoms with Gasteiger partial charge in [-0.3, -0.25) is 9.11 Å². The molecule has 0 saturated heterocycles. The quantitative estimate of drug-likeness (QED) is 0.0482. The fourth-order valence-electron chi connectivity index (χ4n) is 7.48. The summed E-state index contributed by atoms with van der Waals surface area (Å²) in [5.74, 6) is -1.47. The van der Waals surface area contributed by atoms with Crippen LogP contribution in [0, 0.1) is 13.8 Å². The first-order valence-electron chi connectivity index (χ1n) is 17.4. The van der Waals surface area contributed by atoms with E-state index in [9.17, 15) is 46.4 Å². The topological polar surface area (TPSA) is 239 Å². The first-order valence-corrected chi connectivity index (χ1v) is 20.3. The molecule has 0 spiro atoms. The Morgan fingerprint density at radius 3 is 1.28 bits per heavy atom. The van der Waals surface area contributed by atoms with Crippen LogP contribution in [0.2, 0.25) is 0 Å². The van der Waals surface area contributed by atoms with E-state index in [-0.39, 0.29) is 92.2 Å². The summed E-state index contributed by atoms with van der Waals surface area (Å²) in [6.07, 6.45) is 4.65. The zero-order valence-corrected chi connectivity index (χ0v) is 37.7. The molecule has 2 radical (unpaired) electrons. The van der Waals surface area contributed by atoms with E-state index in [0.717, 1.165) is 55.4 Å². The summed E-state index contributed by atoms with van der Waals surface area (Å²) >= 11 is 0. The number of aromatic hydroxyl groups is 4. The van der Waals surface area contributed by atoms with Crippen LogP contribution < -0.4 is 0 Å². The van der Waals surface area contributed by atoms with Crippen LogP contribution in [0.1, 0.15) is 54.4 Å². The molecule has 0 atom stereocenters. The Bertz CT molecular complexity index is 2690. The molecule has 1 fully saturated rings. The maximum atomic E-state index is 12.3. The number of rotatable bonds is 8. The van der Waals surface area contributed by atoms with Crippen LogP contribution in [0.25, 0.3) is 21.5 Å². The van der Waals surface area contributed by atoms with Crippen molar-refractivity contribution < 1.29 is 46.4 Å². The second-order valence-electron chi connectivity index (χ2n) is 14.0. The van der Waals surface area contributed by atoms with E-state index in [1.165, 1.54) is 36.4 Å². The Morgan fingerprint density at radius 1 is 0.517 bits per heavy atom. The Balaban J connectivity index is 0.00000320. The van der Waals surface area contributed by atoms with Gasteiger partial charge in [-0.25, -0.2) is 0 Å². The van der Waals surface area contributed by atoms with Crippen molar-refractivity contribution >= 4 is 124 Å². The number of phenolic OH excluding ortho intramolecular Hbond substituents is 4. The number of azo groups is 2. The molecule has 6 aromatic rings. The van der Waals surface area contributed by atoms with Crippen molar-refractivity contribution in [2.75, 3.05) is 0 Å². The van der Waals surface area contributed by atoms with Crippen molar-refractivity contribution in [3.05, 3.63) is 107 Å². The second-order valence-corrected chi connectivity index (χ2v) is 16.7. The Kier molecular flexibility index (Phi) is 13.5. The van der Waals surface area contributed by atoms with Gasteiger partial charge < -0.3 is 20.4 Å². The second kappa shape index (κ2) is 17.3. The first kappa shape index (κ1) is 45.1. The Labute approximate surface area is 378 Å². The van der Waals surface area contributed by atoms with Gasteiger partial charge in [-0.15, -0.1) is 10.2 Å². The smallest absolute Gasteiger partial charge is 0.296 e. The molecule has 290 valence electrons. The molecule has 0 unspecified atom stereocenters. The molecule has 14 nitrogen and oxygen atoms in total. The molecule has 1 aliphatic rings. The van der Waals surface area contributed by atoms with Gasteiger partial charge in [0, 0.05) is 75.3 Å². The maximum Gasteiger partial charge on any atom is 0.296 e. The minimum atomic E-state index is -4.82. The zero-order chi connectivity index (χ0) is 40.2. The molecule has 6 aromatic carbocycles. The van der Waals surface area contributed by atoms with Crippen LogP contribution in [0.5, 0.6) is 23.0 Å². The van der Waals surface area contributed by atoms with E-state index >= 15 is 0 Å². The van der Waals surface area contributed by atoms with Crippen molar-refractivity contribution in [1.82, 2.24) is 0 Å². The summed E-state index contributed by atoms with van der Waals surface area (Å²) in [6.45, 7) is 3.66. The Morgan fingerprint density at radius 2 is 0.914 bits per heavy atom. The van der Waals surface area contributed by atoms with E-state index in [4.69, 9.17) is 0 Å². The molecule has 0 bridgehead atoms. The number of fused-ring (bicyclic) bond motifs is 2. The van der Waals surface area contributed by atoms with Gasteiger partial charge in [0.25, 0.3) is 20.2 Å². The molecule has 18 heteroatoms. The average molecular weight is 843 g/mol. The average Bonchev–Trinajstić information content (AvgIpc) is 3.14. The Hall–Kier alpha value is -3.94. The maximum absolute atomic E-state index is 12.3. The first-order chi connectivity index (χ1) is 26.5. The van der Waals surface area contributed by atoms with Crippen molar-refractivity contribution in [2.24, 2.45) is 20.5 Å². The predicted molar refractivity (Wildman–Crippen MR) is 220 cm³/mol. The molecule has 0 amide bonds. The summed E-state index contributed by atoms with van der Waals surface area (Å²) in [5.41, 5.74) is 2.85. The van der Waals surface area contributed by atoms with Crippen LogP contribution in [0.3, 0.4) is 0 Å². The summed E-state index contributed by atoms with van der Waals surface area (Å²) in [5, 5.41) is 59.3. The standard InChI is InChI=1S/C40H36N4O10S2.2Na/c1-22-16-26(8-12-32(22)41-43-36-34(55(49,50)51)18-24-6-10-28(45)20-30(24)38(36)47)40(14-4-3-5-15-40)27-9-13-33(23(2)17-27)42-44-37-35(56(52,53)54)19-25-7-11-29(46)21-31(25)39(37)48;;/h6-13,16-21,45-48H,3-5,14-15H2,1-2H3,(H,49,50,51)(H,52,53,54);;. The zero-order valence-electron chi connectivity index (χ0n) is 32.0. The monoisotopic (exact) mass is 842 g/mol. The minimum absolute atomic E-state index is 0. The molecule has 1 aliphatic carbocycles. The fourth-order valence-corrected chi connectivity index (χ4v) is 8.80. The third kappa shape index (κ3) is 8.82. The molecule has 7 rings (SSSR count). The largest absolute Gasteiger partial charge is 0.508 e. The predicted octanol–water partition coefficient (Wildman–Crippen LogP) is 9.25. The van der Waals surface area contributed by atoms with Crippen molar-refractivity contribution in [1.29, 1.82) is 0 Å². The van der Waals surface area contributed by atoms with Crippen LogP contribution >= 0.6 is 0 Å². The summed E-state index contributed by atoms with van der Waals surface area (Å²) < 4.78 is 69.0. The normalized spacial score (nSPS) is 14.5. The fraction of sp³-hybridized carbons (Fsp3) is 0.200. The van der Waals surface area contributed by atoms with Gasteiger partial charge in [0.15, 0.2) is 11.5 Å². The number of hydrogen-bond donors (Lipinski definition) is 6. The van der Waals surface area contributed by atoms with Gasteiger partial charge in [0.1, 0.15) is 32.7 Å². The molecule has 6 N–H and O–H groups in total. The van der Waals surface area contributed by atoms with E-state index in [0.29, 0.717) is 22.5 Å². The van der Waals surface area contributed by atoms with Gasteiger partial charge in [-0.05, 0) is 108 Å². The van der Waals surface area contributed by atoms with Crippen LogP contribution in [-0.2, 0) is 25.7 Å². The third-order valence-corrected chi connectivity index (χ3v) is 12.1. The van der Waals surface area contributed by atoms with Gasteiger partial charge in [-0.2, -0.15) is 27.1 Å². The number of nitrogens with zero attached hydrogens (tertiary/aromatic N) is 4. The van der Waals surface area contributed by atoms with Gasteiger partial charge in [0.2, 0.25) is 0 Å². The van der Waals surface area contributed by atoms with E-state index in [1.807, 2.05) is 38.1 Å². The molecule has 0 aliphatic heterocycles. The number of aryl methyl sites for hydroxylation is 2. The van der Waals surface area contributed by atoms with Crippen molar-refractivity contribution in [2.45, 2.75) is 61.2 Å². The van der Waals surface area contributed by atoms with Crippen molar-refractivity contribution in [3.8, 4) is 23.0 Å². The van der Waals surface area contributed by atoms with Gasteiger partial charge in [-0.1, -0.05) is 55.7 Å². The van der Waals surface area contributed by atoms with E-state index < -0.39 is 58.3 Å². The van der Waals surface area contributed by atoms with Gasteiger partial charge in [0.05, 0.1) is 11.4 Å². The number of benzene rings is 6. The van der Waals surface area contributed by atoms with Crippen LogP contribution in [0.4, 0.5) is 22.7 Å². The minimum Gasteiger partial charge on any atom is -0.508 e.